The van der Waals surface area contributed by atoms with Gasteiger partial charge in [0.05, 0.1) is 5.75 Å². The molecule has 0 radical (unpaired) electrons. The molecule has 1 aromatic heterocycles. The molecule has 0 N–H and O–H groups in total. The van der Waals surface area contributed by atoms with Crippen LogP contribution in [0.15, 0.2) is 53.7 Å². The summed E-state index contributed by atoms with van der Waals surface area (Å²) >= 11 is 1.42. The molecule has 1 unspecified atom stereocenters. The first-order chi connectivity index (χ1) is 11.7. The highest BCUT2D eigenvalue weighted by molar-refractivity contribution is 8.00. The van der Waals surface area contributed by atoms with E-state index < -0.39 is 0 Å². The van der Waals surface area contributed by atoms with Gasteiger partial charge in [-0.1, -0.05) is 25.0 Å². The van der Waals surface area contributed by atoms with Crippen LogP contribution in [0.5, 0.6) is 5.75 Å². The molecule has 0 aliphatic carbocycles. The second-order valence-corrected chi connectivity index (χ2v) is 6.01. The van der Waals surface area contributed by atoms with Crippen molar-refractivity contribution in [1.82, 2.24) is 4.98 Å². The Hall–Kier alpha value is -2.45. The van der Waals surface area contributed by atoms with Crippen molar-refractivity contribution >= 4 is 17.7 Å². The molecule has 1 aromatic carbocycles. The third kappa shape index (κ3) is 5.98. The zero-order chi connectivity index (χ0) is 17.2. The number of carbonyl (C=O) groups is 1. The van der Waals surface area contributed by atoms with E-state index in [0.29, 0.717) is 5.75 Å². The Morgan fingerprint density at radius 3 is 2.58 bits per heavy atom. The summed E-state index contributed by atoms with van der Waals surface area (Å²) in [5.41, 5.74) is 0.901. The smallest absolute Gasteiger partial charge is 0.316 e. The fourth-order valence-electron chi connectivity index (χ4n) is 1.85. The monoisotopic (exact) mass is 341 g/mol. The Morgan fingerprint density at radius 2 is 1.96 bits per heavy atom. The van der Waals surface area contributed by atoms with Crippen LogP contribution >= 0.6 is 11.8 Å². The van der Waals surface area contributed by atoms with Crippen LogP contribution in [0.2, 0.25) is 0 Å². The lowest BCUT2D eigenvalue weighted by atomic mass is 10.2. The van der Waals surface area contributed by atoms with Gasteiger partial charge < -0.3 is 9.47 Å². The van der Waals surface area contributed by atoms with Crippen molar-refractivity contribution in [1.29, 1.82) is 0 Å². The number of terminal acetylenes is 1. The number of nitrogens with zero attached hydrogens (tertiary/aromatic N) is 1. The molecule has 0 fully saturated rings. The van der Waals surface area contributed by atoms with Crippen molar-refractivity contribution in [3.8, 4) is 18.1 Å². The van der Waals surface area contributed by atoms with E-state index in [4.69, 9.17) is 15.9 Å². The van der Waals surface area contributed by atoms with Gasteiger partial charge in [-0.25, -0.2) is 0 Å². The average Bonchev–Trinajstić information content (AvgIpc) is 2.64. The van der Waals surface area contributed by atoms with Crippen molar-refractivity contribution in [2.75, 3.05) is 5.75 Å². The Balaban J connectivity index is 1.75. The molecule has 124 valence electrons. The summed E-state index contributed by atoms with van der Waals surface area (Å²) in [7, 11) is 0. The topological polar surface area (TPSA) is 48.4 Å². The van der Waals surface area contributed by atoms with Crippen LogP contribution in [0.1, 0.15) is 18.9 Å². The fraction of sp³-hybridized carbons (Fsp3) is 0.263. The van der Waals surface area contributed by atoms with Crippen molar-refractivity contribution in [2.45, 2.75) is 31.0 Å². The van der Waals surface area contributed by atoms with Gasteiger partial charge in [0, 0.05) is 17.3 Å². The number of thioether (sulfide) groups is 1. The van der Waals surface area contributed by atoms with E-state index in [0.717, 1.165) is 16.9 Å². The number of hydrogen-bond acceptors (Lipinski definition) is 5. The lowest BCUT2D eigenvalue weighted by molar-refractivity contribution is -0.141. The molecule has 2 rings (SSSR count). The zero-order valence-corrected chi connectivity index (χ0v) is 14.3. The molecule has 4 nitrogen and oxygen atoms in total. The van der Waals surface area contributed by atoms with E-state index in [2.05, 4.69) is 10.9 Å². The van der Waals surface area contributed by atoms with E-state index >= 15 is 0 Å². The molecule has 0 amide bonds. The molecular formula is C19H19NO3S. The maximum Gasteiger partial charge on any atom is 0.316 e. The minimum absolute atomic E-state index is 0.223. The molecule has 0 saturated carbocycles. The summed E-state index contributed by atoms with van der Waals surface area (Å²) in [5, 5.41) is 0. The van der Waals surface area contributed by atoms with E-state index in [1.165, 1.54) is 11.8 Å². The van der Waals surface area contributed by atoms with E-state index in [-0.39, 0.29) is 24.4 Å². The number of ether oxygens (including phenoxy) is 2. The number of carbonyl (C=O) groups excluding carboxylic acids is 1. The summed E-state index contributed by atoms with van der Waals surface area (Å²) < 4.78 is 10.9. The Bertz CT molecular complexity index is 680. The number of esters is 1. The molecule has 1 heterocycles. The summed E-state index contributed by atoms with van der Waals surface area (Å²) in [4.78, 5) is 16.7. The third-order valence-electron chi connectivity index (χ3n) is 3.16. The van der Waals surface area contributed by atoms with Crippen molar-refractivity contribution in [3.63, 3.8) is 0 Å². The molecule has 0 spiro atoms. The van der Waals surface area contributed by atoms with Gasteiger partial charge in [0.1, 0.15) is 12.4 Å². The van der Waals surface area contributed by atoms with Gasteiger partial charge in [0.2, 0.25) is 0 Å². The number of pyridine rings is 1. The van der Waals surface area contributed by atoms with E-state index in [9.17, 15) is 4.79 Å². The molecule has 1 atom stereocenters. The highest BCUT2D eigenvalue weighted by Gasteiger charge is 2.06. The van der Waals surface area contributed by atoms with Crippen LogP contribution in [-0.2, 0) is 16.1 Å². The quantitative estimate of drug-likeness (QED) is 0.416. The van der Waals surface area contributed by atoms with Gasteiger partial charge in [0.15, 0.2) is 6.10 Å². The number of hydrogen-bond donors (Lipinski definition) is 0. The summed E-state index contributed by atoms with van der Waals surface area (Å²) in [6.07, 6.45) is 9.30. The molecule has 5 heteroatoms. The number of rotatable bonds is 8. The van der Waals surface area contributed by atoms with Crippen molar-refractivity contribution in [2.24, 2.45) is 0 Å². The molecule has 2 aromatic rings. The normalized spacial score (nSPS) is 11.3. The highest BCUT2D eigenvalue weighted by atomic mass is 32.2. The van der Waals surface area contributed by atoms with Crippen LogP contribution in [0.25, 0.3) is 0 Å². The molecule has 24 heavy (non-hydrogen) atoms. The first-order valence-electron chi connectivity index (χ1n) is 7.61. The molecule has 0 saturated heterocycles. The largest absolute Gasteiger partial charge is 0.478 e. The minimum atomic E-state index is -0.254. The predicted molar refractivity (Wildman–Crippen MR) is 94.7 cm³/mol. The van der Waals surface area contributed by atoms with Crippen LogP contribution in [0.3, 0.4) is 0 Å². The average molecular weight is 341 g/mol. The van der Waals surface area contributed by atoms with Crippen LogP contribution in [0.4, 0.5) is 0 Å². The molecule has 0 bridgehead atoms. The Morgan fingerprint density at radius 1 is 1.25 bits per heavy atom. The van der Waals surface area contributed by atoms with Crippen molar-refractivity contribution < 1.29 is 14.3 Å². The van der Waals surface area contributed by atoms with Gasteiger partial charge in [-0.3, -0.25) is 9.78 Å². The van der Waals surface area contributed by atoms with Crippen LogP contribution in [-0.4, -0.2) is 22.8 Å². The third-order valence-corrected chi connectivity index (χ3v) is 4.15. The second-order valence-electron chi connectivity index (χ2n) is 4.96. The summed E-state index contributed by atoms with van der Waals surface area (Å²) in [6, 6.07) is 11.1. The van der Waals surface area contributed by atoms with Gasteiger partial charge in [-0.2, -0.15) is 0 Å². The number of aromatic nitrogens is 1. The van der Waals surface area contributed by atoms with Gasteiger partial charge >= 0.3 is 5.97 Å². The van der Waals surface area contributed by atoms with Crippen LogP contribution in [0, 0.1) is 12.3 Å². The molecular weight excluding hydrogens is 322 g/mol. The van der Waals surface area contributed by atoms with Crippen LogP contribution < -0.4 is 4.74 Å². The maximum atomic E-state index is 11.8. The van der Waals surface area contributed by atoms with Crippen molar-refractivity contribution in [3.05, 3.63) is 54.4 Å². The van der Waals surface area contributed by atoms with E-state index in [1.807, 2.05) is 43.3 Å². The summed E-state index contributed by atoms with van der Waals surface area (Å²) in [5.74, 6) is 3.31. The lowest BCUT2D eigenvalue weighted by Gasteiger charge is -2.12. The van der Waals surface area contributed by atoms with Gasteiger partial charge in [-0.15, -0.1) is 18.2 Å². The van der Waals surface area contributed by atoms with E-state index in [1.54, 1.807) is 12.4 Å². The fourth-order valence-corrected chi connectivity index (χ4v) is 2.53. The lowest BCUT2D eigenvalue weighted by Crippen LogP contribution is -2.12. The Kier molecular flexibility index (Phi) is 7.19. The van der Waals surface area contributed by atoms with Gasteiger partial charge in [0.25, 0.3) is 0 Å². The van der Waals surface area contributed by atoms with Gasteiger partial charge in [-0.05, 0) is 36.2 Å². The summed E-state index contributed by atoms with van der Waals surface area (Å²) in [6.45, 7) is 2.21. The minimum Gasteiger partial charge on any atom is -0.478 e. The molecule has 0 aliphatic heterocycles. The first kappa shape index (κ1) is 17.9. The second kappa shape index (κ2) is 9.64. The maximum absolute atomic E-state index is 11.8. The zero-order valence-electron chi connectivity index (χ0n) is 13.5. The highest BCUT2D eigenvalue weighted by Crippen LogP contribution is 2.18. The molecule has 0 aliphatic rings. The first-order valence-corrected chi connectivity index (χ1v) is 8.60. The number of benzene rings is 1. The predicted octanol–water partition coefficient (Wildman–Crippen LogP) is 3.71. The standard InChI is InChI=1S/C19H19NO3S/c1-3-16(4-2)23-17-7-5-15(6-8-17)13-22-19(21)14-24-18-9-11-20-12-10-18/h1,5-12,16H,4,13-14H2,2H3. The Labute approximate surface area is 146 Å². The SMILES string of the molecule is C#CC(CC)Oc1ccc(COC(=O)CSc2ccncc2)cc1.